The number of amides is 2. The van der Waals surface area contributed by atoms with E-state index in [2.05, 4.69) is 10.0 Å². The maximum atomic E-state index is 12.7. The van der Waals surface area contributed by atoms with Crippen LogP contribution in [0.1, 0.15) is 37.3 Å². The van der Waals surface area contributed by atoms with Gasteiger partial charge in [0.25, 0.3) is 0 Å². The zero-order chi connectivity index (χ0) is 23.0. The second-order valence-electron chi connectivity index (χ2n) is 8.51. The van der Waals surface area contributed by atoms with Gasteiger partial charge in [-0.15, -0.1) is 0 Å². The number of aryl methyl sites for hydroxylation is 1. The Kier molecular flexibility index (Phi) is 6.29. The predicted octanol–water partition coefficient (Wildman–Crippen LogP) is 3.64. The summed E-state index contributed by atoms with van der Waals surface area (Å²) in [6, 6.07) is 10.1. The van der Waals surface area contributed by atoms with Crippen LogP contribution >= 0.6 is 11.6 Å². The quantitative estimate of drug-likeness (QED) is 0.639. The average Bonchev–Trinajstić information content (AvgIpc) is 3.51. The molecule has 0 unspecified atom stereocenters. The summed E-state index contributed by atoms with van der Waals surface area (Å²) in [5, 5.41) is 3.12. The summed E-state index contributed by atoms with van der Waals surface area (Å²) in [6.07, 6.45) is 2.45. The smallest absolute Gasteiger partial charge is 0.240 e. The number of nitrogens with one attached hydrogen (secondary N) is 2. The maximum Gasteiger partial charge on any atom is 0.240 e. The van der Waals surface area contributed by atoms with Gasteiger partial charge in [0.05, 0.1) is 15.6 Å². The zero-order valence-corrected chi connectivity index (χ0v) is 19.6. The van der Waals surface area contributed by atoms with Crippen LogP contribution in [0.2, 0.25) is 5.02 Å². The molecule has 170 valence electrons. The predicted molar refractivity (Wildman–Crippen MR) is 124 cm³/mol. The minimum Gasteiger partial charge on any atom is -0.325 e. The summed E-state index contributed by atoms with van der Waals surface area (Å²) < 4.78 is 27.9. The van der Waals surface area contributed by atoms with Gasteiger partial charge >= 0.3 is 0 Å². The SMILES string of the molecule is Cc1ccc(NC(=O)CCNS(=O)(=O)c2ccc3c(c2)C[C@H](C)N3C(=O)C2CC2)c(Cl)c1. The van der Waals surface area contributed by atoms with E-state index in [4.69, 9.17) is 11.6 Å². The van der Waals surface area contributed by atoms with E-state index < -0.39 is 10.0 Å². The van der Waals surface area contributed by atoms with Gasteiger partial charge < -0.3 is 10.2 Å². The summed E-state index contributed by atoms with van der Waals surface area (Å²) in [6.45, 7) is 3.83. The summed E-state index contributed by atoms with van der Waals surface area (Å²) in [7, 11) is -3.78. The molecule has 1 aliphatic carbocycles. The summed E-state index contributed by atoms with van der Waals surface area (Å²) in [5.41, 5.74) is 3.11. The number of hydrogen-bond donors (Lipinski definition) is 2. The average molecular weight is 476 g/mol. The molecule has 2 aliphatic rings. The van der Waals surface area contributed by atoms with Crippen LogP contribution in [0.15, 0.2) is 41.3 Å². The van der Waals surface area contributed by atoms with Gasteiger partial charge in [-0.25, -0.2) is 13.1 Å². The molecule has 0 spiro atoms. The van der Waals surface area contributed by atoms with E-state index in [1.165, 1.54) is 6.07 Å². The molecule has 0 saturated heterocycles. The van der Waals surface area contributed by atoms with E-state index in [9.17, 15) is 18.0 Å². The third kappa shape index (κ3) is 4.82. The van der Waals surface area contributed by atoms with Crippen molar-refractivity contribution < 1.29 is 18.0 Å². The number of anilines is 2. The molecule has 0 radical (unpaired) electrons. The van der Waals surface area contributed by atoms with Crippen LogP contribution in [-0.4, -0.2) is 32.8 Å². The lowest BCUT2D eigenvalue weighted by Crippen LogP contribution is -2.36. The highest BCUT2D eigenvalue weighted by atomic mass is 35.5. The lowest BCUT2D eigenvalue weighted by Gasteiger charge is -2.22. The molecule has 1 saturated carbocycles. The molecule has 7 nitrogen and oxygen atoms in total. The van der Waals surface area contributed by atoms with Gasteiger partial charge in [0.2, 0.25) is 21.8 Å². The van der Waals surface area contributed by atoms with Crippen molar-refractivity contribution in [3.8, 4) is 0 Å². The fraction of sp³-hybridized carbons (Fsp3) is 0.391. The van der Waals surface area contributed by atoms with Gasteiger partial charge in [0, 0.05) is 30.6 Å². The number of halogens is 1. The van der Waals surface area contributed by atoms with E-state index in [1.807, 2.05) is 19.9 Å². The van der Waals surface area contributed by atoms with Crippen molar-refractivity contribution in [2.24, 2.45) is 5.92 Å². The molecular weight excluding hydrogens is 450 g/mol. The van der Waals surface area contributed by atoms with E-state index in [0.29, 0.717) is 17.1 Å². The van der Waals surface area contributed by atoms with Gasteiger partial charge in [0.15, 0.2) is 0 Å². The number of nitrogens with zero attached hydrogens (tertiary/aromatic N) is 1. The number of carbonyl (C=O) groups is 2. The van der Waals surface area contributed by atoms with Crippen molar-refractivity contribution in [2.45, 2.75) is 50.5 Å². The molecule has 1 fully saturated rings. The Hall–Kier alpha value is -2.42. The Bertz CT molecular complexity index is 1180. The van der Waals surface area contributed by atoms with Crippen LogP contribution in [0, 0.1) is 12.8 Å². The lowest BCUT2D eigenvalue weighted by atomic mass is 10.1. The first kappa shape index (κ1) is 22.8. The molecule has 9 heteroatoms. The minimum atomic E-state index is -3.78. The fourth-order valence-corrected chi connectivity index (χ4v) is 5.32. The van der Waals surface area contributed by atoms with Crippen LogP contribution in [0.3, 0.4) is 0 Å². The maximum absolute atomic E-state index is 12.7. The molecule has 2 aromatic carbocycles. The third-order valence-electron chi connectivity index (χ3n) is 5.78. The second-order valence-corrected chi connectivity index (χ2v) is 10.7. The second kappa shape index (κ2) is 8.84. The monoisotopic (exact) mass is 475 g/mol. The summed E-state index contributed by atoms with van der Waals surface area (Å²) >= 11 is 6.12. The van der Waals surface area contributed by atoms with E-state index >= 15 is 0 Å². The fourth-order valence-electron chi connectivity index (χ4n) is 3.95. The van der Waals surface area contributed by atoms with Crippen LogP contribution in [-0.2, 0) is 26.0 Å². The highest BCUT2D eigenvalue weighted by molar-refractivity contribution is 7.89. The summed E-state index contributed by atoms with van der Waals surface area (Å²) in [5.74, 6) is -0.102. The molecule has 2 amide bonds. The molecule has 2 aromatic rings. The molecule has 1 heterocycles. The number of rotatable bonds is 7. The van der Waals surface area contributed by atoms with Crippen molar-refractivity contribution in [1.29, 1.82) is 0 Å². The van der Waals surface area contributed by atoms with Crippen molar-refractivity contribution in [2.75, 3.05) is 16.8 Å². The number of benzene rings is 2. The van der Waals surface area contributed by atoms with E-state index in [0.717, 1.165) is 29.7 Å². The van der Waals surface area contributed by atoms with E-state index in [-0.39, 0.29) is 41.6 Å². The van der Waals surface area contributed by atoms with Crippen molar-refractivity contribution in [3.63, 3.8) is 0 Å². The van der Waals surface area contributed by atoms with Crippen molar-refractivity contribution in [3.05, 3.63) is 52.5 Å². The molecule has 2 N–H and O–H groups in total. The molecule has 1 atom stereocenters. The molecule has 0 aromatic heterocycles. The van der Waals surface area contributed by atoms with Gasteiger partial charge in [-0.3, -0.25) is 9.59 Å². The van der Waals surface area contributed by atoms with Gasteiger partial charge in [-0.2, -0.15) is 0 Å². The Morgan fingerprint density at radius 2 is 1.91 bits per heavy atom. The molecular formula is C23H26ClN3O4S. The number of fused-ring (bicyclic) bond motifs is 1. The molecule has 4 rings (SSSR count). The third-order valence-corrected chi connectivity index (χ3v) is 7.56. The first-order valence-corrected chi connectivity index (χ1v) is 12.5. The largest absolute Gasteiger partial charge is 0.325 e. The molecule has 1 aliphatic heterocycles. The first-order chi connectivity index (χ1) is 15.2. The van der Waals surface area contributed by atoms with Gasteiger partial charge in [-0.05, 0) is 74.6 Å². The number of sulfonamides is 1. The van der Waals surface area contributed by atoms with Gasteiger partial charge in [-0.1, -0.05) is 17.7 Å². The normalized spacial score (nSPS) is 17.8. The van der Waals surface area contributed by atoms with Crippen LogP contribution in [0.25, 0.3) is 0 Å². The Labute approximate surface area is 193 Å². The topological polar surface area (TPSA) is 95.6 Å². The summed E-state index contributed by atoms with van der Waals surface area (Å²) in [4.78, 5) is 26.7. The zero-order valence-electron chi connectivity index (χ0n) is 18.0. The van der Waals surface area contributed by atoms with Crippen LogP contribution in [0.4, 0.5) is 11.4 Å². The molecule has 0 bridgehead atoms. The van der Waals surface area contributed by atoms with Crippen molar-refractivity contribution >= 4 is 44.8 Å². The van der Waals surface area contributed by atoms with Crippen LogP contribution < -0.4 is 14.9 Å². The highest BCUT2D eigenvalue weighted by Crippen LogP contribution is 2.39. The number of hydrogen-bond acceptors (Lipinski definition) is 4. The van der Waals surface area contributed by atoms with Gasteiger partial charge in [0.1, 0.15) is 0 Å². The minimum absolute atomic E-state index is 0.0151. The standard InChI is InChI=1S/C23H26ClN3O4S/c1-14-3-7-20(19(24)11-14)26-22(28)9-10-25-32(30,31)18-6-8-21-17(13-18)12-15(2)27(21)23(29)16-4-5-16/h3,6-8,11,13,15-16,25H,4-5,9-10,12H2,1-2H3,(H,26,28)/t15-/m0/s1. The Balaban J connectivity index is 1.37. The number of carbonyl (C=O) groups excluding carboxylic acids is 2. The lowest BCUT2D eigenvalue weighted by molar-refractivity contribution is -0.120. The Morgan fingerprint density at radius 1 is 1.16 bits per heavy atom. The Morgan fingerprint density at radius 3 is 2.59 bits per heavy atom. The molecule has 32 heavy (non-hydrogen) atoms. The highest BCUT2D eigenvalue weighted by Gasteiger charge is 2.39. The van der Waals surface area contributed by atoms with Crippen LogP contribution in [0.5, 0.6) is 0 Å². The first-order valence-electron chi connectivity index (χ1n) is 10.7. The van der Waals surface area contributed by atoms with E-state index in [1.54, 1.807) is 29.2 Å². The van der Waals surface area contributed by atoms with Crippen molar-refractivity contribution in [1.82, 2.24) is 4.72 Å².